The fourth-order valence-corrected chi connectivity index (χ4v) is 3.06. The molecule has 1 saturated heterocycles. The average molecular weight is 345 g/mol. The molecule has 0 bridgehead atoms. The van der Waals surface area contributed by atoms with E-state index in [2.05, 4.69) is 20.2 Å². The summed E-state index contributed by atoms with van der Waals surface area (Å²) >= 11 is 6.12. The Kier molecular flexibility index (Phi) is 5.30. The molecule has 1 aromatic carbocycles. The van der Waals surface area contributed by atoms with Gasteiger partial charge in [-0.05, 0) is 37.8 Å². The standard InChI is InChI=1S/C18H21ClN4O/c1-13-21-16(11-17(22-13)23-9-5-2-6-10-23)18(24)20-12-14-7-3-4-8-15(14)19/h3-4,7-8,11H,2,5-6,9-10,12H2,1H3,(H,20,24). The van der Waals surface area contributed by atoms with Gasteiger partial charge in [-0.15, -0.1) is 0 Å². The third kappa shape index (κ3) is 4.03. The Balaban J connectivity index is 1.72. The number of nitrogens with one attached hydrogen (secondary N) is 1. The van der Waals surface area contributed by atoms with E-state index in [0.29, 0.717) is 23.1 Å². The molecule has 0 saturated carbocycles. The van der Waals surface area contributed by atoms with Crippen LogP contribution < -0.4 is 10.2 Å². The molecule has 5 nitrogen and oxygen atoms in total. The highest BCUT2D eigenvalue weighted by atomic mass is 35.5. The van der Waals surface area contributed by atoms with Gasteiger partial charge >= 0.3 is 0 Å². The van der Waals surface area contributed by atoms with Crippen molar-refractivity contribution in [1.29, 1.82) is 0 Å². The predicted octanol–water partition coefficient (Wildman–Crippen LogP) is 3.36. The van der Waals surface area contributed by atoms with Crippen molar-refractivity contribution in [2.45, 2.75) is 32.7 Å². The molecule has 3 rings (SSSR count). The normalized spacial score (nSPS) is 14.5. The minimum atomic E-state index is -0.210. The van der Waals surface area contributed by atoms with Gasteiger partial charge in [0.15, 0.2) is 0 Å². The van der Waals surface area contributed by atoms with E-state index >= 15 is 0 Å². The molecule has 2 heterocycles. The van der Waals surface area contributed by atoms with Crippen LogP contribution in [0.4, 0.5) is 5.82 Å². The van der Waals surface area contributed by atoms with Gasteiger partial charge < -0.3 is 10.2 Å². The minimum Gasteiger partial charge on any atom is -0.356 e. The lowest BCUT2D eigenvalue weighted by Crippen LogP contribution is -2.31. The molecule has 1 aliphatic rings. The first-order valence-corrected chi connectivity index (χ1v) is 8.63. The van der Waals surface area contributed by atoms with Gasteiger partial charge in [-0.1, -0.05) is 29.8 Å². The zero-order valence-electron chi connectivity index (χ0n) is 13.8. The summed E-state index contributed by atoms with van der Waals surface area (Å²) in [5.41, 5.74) is 1.28. The van der Waals surface area contributed by atoms with Gasteiger partial charge in [-0.3, -0.25) is 4.79 Å². The number of rotatable bonds is 4. The number of aryl methyl sites for hydroxylation is 1. The molecule has 0 radical (unpaired) electrons. The van der Waals surface area contributed by atoms with Crippen LogP contribution in [0.15, 0.2) is 30.3 Å². The number of hydrogen-bond acceptors (Lipinski definition) is 4. The number of anilines is 1. The minimum absolute atomic E-state index is 0.210. The summed E-state index contributed by atoms with van der Waals surface area (Å²) in [6, 6.07) is 9.25. The molecule has 6 heteroatoms. The largest absolute Gasteiger partial charge is 0.356 e. The first kappa shape index (κ1) is 16.7. The fourth-order valence-electron chi connectivity index (χ4n) is 2.86. The molecule has 1 amide bonds. The van der Waals surface area contributed by atoms with E-state index in [0.717, 1.165) is 37.3 Å². The highest BCUT2D eigenvalue weighted by Crippen LogP contribution is 2.19. The monoisotopic (exact) mass is 344 g/mol. The van der Waals surface area contributed by atoms with Crippen LogP contribution in [0.5, 0.6) is 0 Å². The molecule has 126 valence electrons. The van der Waals surface area contributed by atoms with E-state index in [4.69, 9.17) is 11.6 Å². The van der Waals surface area contributed by atoms with Gasteiger partial charge in [-0.2, -0.15) is 0 Å². The van der Waals surface area contributed by atoms with Crippen LogP contribution in [0.3, 0.4) is 0 Å². The summed E-state index contributed by atoms with van der Waals surface area (Å²) < 4.78 is 0. The van der Waals surface area contributed by atoms with Crippen molar-refractivity contribution in [3.63, 3.8) is 0 Å². The highest BCUT2D eigenvalue weighted by Gasteiger charge is 2.16. The van der Waals surface area contributed by atoms with Crippen molar-refractivity contribution in [3.8, 4) is 0 Å². The van der Waals surface area contributed by atoms with Crippen LogP contribution >= 0.6 is 11.6 Å². The number of amides is 1. The topological polar surface area (TPSA) is 58.1 Å². The van der Waals surface area contributed by atoms with Crippen molar-refractivity contribution in [2.75, 3.05) is 18.0 Å². The molecular formula is C18H21ClN4O. The Bertz CT molecular complexity index is 729. The van der Waals surface area contributed by atoms with E-state index in [9.17, 15) is 4.79 Å². The maximum Gasteiger partial charge on any atom is 0.270 e. The summed E-state index contributed by atoms with van der Waals surface area (Å²) in [6.45, 7) is 4.16. The number of aromatic nitrogens is 2. The fraction of sp³-hybridized carbons (Fsp3) is 0.389. The SMILES string of the molecule is Cc1nc(C(=O)NCc2ccccc2Cl)cc(N2CCCCC2)n1. The summed E-state index contributed by atoms with van der Waals surface area (Å²) in [5, 5.41) is 3.53. The maximum absolute atomic E-state index is 12.5. The lowest BCUT2D eigenvalue weighted by atomic mass is 10.1. The van der Waals surface area contributed by atoms with E-state index in [1.54, 1.807) is 6.07 Å². The quantitative estimate of drug-likeness (QED) is 0.924. The van der Waals surface area contributed by atoms with E-state index in [1.165, 1.54) is 6.42 Å². The van der Waals surface area contributed by atoms with Crippen LogP contribution in [-0.4, -0.2) is 29.0 Å². The molecule has 0 spiro atoms. The molecule has 1 fully saturated rings. The molecule has 1 aromatic heterocycles. The van der Waals surface area contributed by atoms with Gasteiger partial charge in [-0.25, -0.2) is 9.97 Å². The Morgan fingerprint density at radius 3 is 2.71 bits per heavy atom. The number of benzene rings is 1. The zero-order chi connectivity index (χ0) is 16.9. The molecule has 2 aromatic rings. The van der Waals surface area contributed by atoms with Crippen molar-refractivity contribution in [1.82, 2.24) is 15.3 Å². The maximum atomic E-state index is 12.5. The summed E-state index contributed by atoms with van der Waals surface area (Å²) in [6.07, 6.45) is 3.58. The van der Waals surface area contributed by atoms with Crippen LogP contribution in [0.25, 0.3) is 0 Å². The second kappa shape index (κ2) is 7.62. The van der Waals surface area contributed by atoms with Crippen LogP contribution in [0.1, 0.15) is 41.1 Å². The number of halogens is 1. The molecule has 1 N–H and O–H groups in total. The second-order valence-corrected chi connectivity index (χ2v) is 6.39. The Labute approximate surface area is 147 Å². The van der Waals surface area contributed by atoms with Crippen molar-refractivity contribution < 1.29 is 4.79 Å². The van der Waals surface area contributed by atoms with Gasteiger partial charge in [0.25, 0.3) is 5.91 Å². The summed E-state index contributed by atoms with van der Waals surface area (Å²) in [4.78, 5) is 23.4. The first-order chi connectivity index (χ1) is 11.6. The lowest BCUT2D eigenvalue weighted by Gasteiger charge is -2.28. The van der Waals surface area contributed by atoms with E-state index < -0.39 is 0 Å². The number of carbonyl (C=O) groups excluding carboxylic acids is 1. The number of hydrogen-bond donors (Lipinski definition) is 1. The average Bonchev–Trinajstić information content (AvgIpc) is 2.61. The smallest absolute Gasteiger partial charge is 0.270 e. The molecule has 0 unspecified atom stereocenters. The lowest BCUT2D eigenvalue weighted by molar-refractivity contribution is 0.0945. The Morgan fingerprint density at radius 2 is 1.96 bits per heavy atom. The van der Waals surface area contributed by atoms with Crippen molar-refractivity contribution in [2.24, 2.45) is 0 Å². The number of piperidine rings is 1. The molecular weight excluding hydrogens is 324 g/mol. The number of nitrogens with zero attached hydrogens (tertiary/aromatic N) is 3. The third-order valence-corrected chi connectivity index (χ3v) is 4.50. The molecule has 24 heavy (non-hydrogen) atoms. The van der Waals surface area contributed by atoms with E-state index in [1.807, 2.05) is 31.2 Å². The van der Waals surface area contributed by atoms with Gasteiger partial charge in [0.2, 0.25) is 0 Å². The van der Waals surface area contributed by atoms with Crippen molar-refractivity contribution >= 4 is 23.3 Å². The van der Waals surface area contributed by atoms with Crippen molar-refractivity contribution in [3.05, 3.63) is 52.4 Å². The third-order valence-electron chi connectivity index (χ3n) is 4.13. The predicted molar refractivity (Wildman–Crippen MR) is 95.5 cm³/mol. The molecule has 1 aliphatic heterocycles. The number of carbonyl (C=O) groups is 1. The van der Waals surface area contributed by atoms with Gasteiger partial charge in [0.1, 0.15) is 17.3 Å². The van der Waals surface area contributed by atoms with Crippen LogP contribution in [0.2, 0.25) is 5.02 Å². The zero-order valence-corrected chi connectivity index (χ0v) is 14.5. The Morgan fingerprint density at radius 1 is 1.21 bits per heavy atom. The second-order valence-electron chi connectivity index (χ2n) is 5.98. The van der Waals surface area contributed by atoms with E-state index in [-0.39, 0.29) is 5.91 Å². The van der Waals surface area contributed by atoms with Crippen LogP contribution in [-0.2, 0) is 6.54 Å². The molecule has 0 atom stereocenters. The molecule has 0 aliphatic carbocycles. The van der Waals surface area contributed by atoms with Crippen LogP contribution in [0, 0.1) is 6.92 Å². The Hall–Kier alpha value is -2.14. The first-order valence-electron chi connectivity index (χ1n) is 8.26. The highest BCUT2D eigenvalue weighted by molar-refractivity contribution is 6.31. The van der Waals surface area contributed by atoms with Gasteiger partial charge in [0.05, 0.1) is 0 Å². The summed E-state index contributed by atoms with van der Waals surface area (Å²) in [7, 11) is 0. The van der Waals surface area contributed by atoms with Gasteiger partial charge in [0, 0.05) is 30.7 Å². The summed E-state index contributed by atoms with van der Waals surface area (Å²) in [5.74, 6) is 1.24.